The van der Waals surface area contributed by atoms with Crippen LogP contribution in [-0.4, -0.2) is 13.1 Å². The average Bonchev–Trinajstić information content (AvgIpc) is 2.82. The van der Waals surface area contributed by atoms with Gasteiger partial charge in [-0.05, 0) is 41.8 Å². The molecule has 5 nitrogen and oxygen atoms in total. The van der Waals surface area contributed by atoms with Crippen LogP contribution in [0.25, 0.3) is 11.0 Å². The predicted molar refractivity (Wildman–Crippen MR) is 118 cm³/mol. The predicted octanol–water partition coefficient (Wildman–Crippen LogP) is 5.15. The number of methoxy groups -OCH3 is 1. The Bertz CT molecular complexity index is 1360. The van der Waals surface area contributed by atoms with Crippen molar-refractivity contribution in [3.05, 3.63) is 112 Å². The van der Waals surface area contributed by atoms with Crippen LogP contribution in [0.2, 0.25) is 0 Å². The summed E-state index contributed by atoms with van der Waals surface area (Å²) >= 11 is 0. The minimum Gasteiger partial charge on any atom is -0.489 e. The maximum atomic E-state index is 14.3. The van der Waals surface area contributed by atoms with E-state index in [0.29, 0.717) is 27.8 Å². The molecular formula is C26H20F2O5. The molecule has 0 aliphatic rings. The Kier molecular flexibility index (Phi) is 6.49. The average molecular weight is 450 g/mol. The highest BCUT2D eigenvalue weighted by atomic mass is 19.1. The Morgan fingerprint density at radius 3 is 2.27 bits per heavy atom. The van der Waals surface area contributed by atoms with Gasteiger partial charge in [-0.1, -0.05) is 36.4 Å². The molecule has 0 amide bonds. The lowest BCUT2D eigenvalue weighted by Gasteiger charge is -2.17. The first kappa shape index (κ1) is 22.2. The Morgan fingerprint density at radius 2 is 1.61 bits per heavy atom. The van der Waals surface area contributed by atoms with Crippen molar-refractivity contribution >= 4 is 16.9 Å². The number of fused-ring (bicyclic) bond motifs is 1. The van der Waals surface area contributed by atoms with Crippen LogP contribution in [0.15, 0.2) is 82.0 Å². The topological polar surface area (TPSA) is 65.7 Å². The van der Waals surface area contributed by atoms with Gasteiger partial charge < -0.3 is 13.9 Å². The maximum Gasteiger partial charge on any atom is 0.336 e. The molecule has 3 aromatic carbocycles. The van der Waals surface area contributed by atoms with Gasteiger partial charge in [0, 0.05) is 23.1 Å². The maximum absolute atomic E-state index is 14.3. The van der Waals surface area contributed by atoms with Crippen LogP contribution in [0, 0.1) is 11.6 Å². The molecule has 4 aromatic rings. The van der Waals surface area contributed by atoms with Crippen LogP contribution in [-0.2, 0) is 22.6 Å². The second-order valence-corrected chi connectivity index (χ2v) is 7.43. The molecule has 1 aromatic heterocycles. The molecule has 1 heterocycles. The molecule has 0 bridgehead atoms. The largest absolute Gasteiger partial charge is 0.489 e. The van der Waals surface area contributed by atoms with E-state index in [1.165, 1.54) is 31.4 Å². The molecule has 0 saturated heterocycles. The second-order valence-electron chi connectivity index (χ2n) is 7.43. The van der Waals surface area contributed by atoms with Gasteiger partial charge >= 0.3 is 11.6 Å². The molecule has 0 N–H and O–H groups in total. The summed E-state index contributed by atoms with van der Waals surface area (Å²) < 4.78 is 44.0. The van der Waals surface area contributed by atoms with Crippen molar-refractivity contribution < 1.29 is 27.5 Å². The third kappa shape index (κ3) is 4.92. The summed E-state index contributed by atoms with van der Waals surface area (Å²) in [4.78, 5) is 24.9. The third-order valence-corrected chi connectivity index (χ3v) is 5.34. The van der Waals surface area contributed by atoms with Crippen LogP contribution in [0.1, 0.15) is 22.6 Å². The van der Waals surface area contributed by atoms with E-state index in [-0.39, 0.29) is 24.4 Å². The number of carbonyl (C=O) groups is 1. The summed E-state index contributed by atoms with van der Waals surface area (Å²) in [5.74, 6) is -2.02. The van der Waals surface area contributed by atoms with E-state index in [4.69, 9.17) is 13.9 Å². The van der Waals surface area contributed by atoms with Crippen LogP contribution < -0.4 is 10.4 Å². The van der Waals surface area contributed by atoms with Crippen molar-refractivity contribution in [3.63, 3.8) is 0 Å². The van der Waals surface area contributed by atoms with Crippen molar-refractivity contribution in [2.45, 2.75) is 18.9 Å². The van der Waals surface area contributed by atoms with Crippen LogP contribution in [0.4, 0.5) is 8.78 Å². The van der Waals surface area contributed by atoms with E-state index in [9.17, 15) is 18.4 Å². The molecule has 0 fully saturated rings. The van der Waals surface area contributed by atoms with Crippen molar-refractivity contribution in [2.75, 3.05) is 7.11 Å². The van der Waals surface area contributed by atoms with Crippen molar-refractivity contribution in [3.8, 4) is 5.75 Å². The molecule has 0 saturated carbocycles. The molecule has 0 unspecified atom stereocenters. The molecule has 33 heavy (non-hydrogen) atoms. The zero-order chi connectivity index (χ0) is 23.4. The number of halogens is 2. The number of ether oxygens (including phenoxy) is 2. The highest BCUT2D eigenvalue weighted by molar-refractivity contribution is 5.89. The minimum absolute atomic E-state index is 0.00341. The zero-order valence-electron chi connectivity index (χ0n) is 17.7. The molecule has 168 valence electrons. The van der Waals surface area contributed by atoms with E-state index in [1.807, 2.05) is 0 Å². The second kappa shape index (κ2) is 9.65. The highest BCUT2D eigenvalue weighted by Gasteiger charge is 2.26. The SMILES string of the molecule is COC(=O)[C@@H](Cc1ccccc1F)c1cc(=O)oc2cc(OCc3ccccc3F)ccc12. The van der Waals surface area contributed by atoms with Gasteiger partial charge in [0.1, 0.15) is 29.6 Å². The van der Waals surface area contributed by atoms with Gasteiger partial charge in [-0.15, -0.1) is 0 Å². The lowest BCUT2D eigenvalue weighted by molar-refractivity contribution is -0.142. The molecule has 7 heteroatoms. The van der Waals surface area contributed by atoms with Crippen molar-refractivity contribution in [1.29, 1.82) is 0 Å². The van der Waals surface area contributed by atoms with E-state index in [0.717, 1.165) is 0 Å². The molecule has 0 radical (unpaired) electrons. The normalized spacial score (nSPS) is 11.8. The number of hydrogen-bond donors (Lipinski definition) is 0. The number of hydrogen-bond acceptors (Lipinski definition) is 5. The highest BCUT2D eigenvalue weighted by Crippen LogP contribution is 2.31. The fraction of sp³-hybridized carbons (Fsp3) is 0.154. The Labute approximate surface area is 188 Å². The van der Waals surface area contributed by atoms with Gasteiger partial charge in [0.05, 0.1) is 13.0 Å². The Balaban J connectivity index is 1.70. The quantitative estimate of drug-likeness (QED) is 0.288. The number of carbonyl (C=O) groups excluding carboxylic acids is 1. The van der Waals surface area contributed by atoms with Gasteiger partial charge in [0.2, 0.25) is 0 Å². The summed E-state index contributed by atoms with van der Waals surface area (Å²) in [5.41, 5.74) is 0.566. The van der Waals surface area contributed by atoms with Gasteiger partial charge in [-0.2, -0.15) is 0 Å². The minimum atomic E-state index is -0.927. The molecule has 0 aliphatic carbocycles. The Hall–Kier alpha value is -4.00. The van der Waals surface area contributed by atoms with E-state index in [2.05, 4.69) is 0 Å². The van der Waals surface area contributed by atoms with Crippen molar-refractivity contribution in [1.82, 2.24) is 0 Å². The van der Waals surface area contributed by atoms with Gasteiger partial charge in [-0.25, -0.2) is 13.6 Å². The lowest BCUT2D eigenvalue weighted by Crippen LogP contribution is -2.19. The van der Waals surface area contributed by atoms with Crippen LogP contribution in [0.3, 0.4) is 0 Å². The molecule has 4 rings (SSSR count). The first-order chi connectivity index (χ1) is 16.0. The van der Waals surface area contributed by atoms with Crippen LogP contribution in [0.5, 0.6) is 5.75 Å². The van der Waals surface area contributed by atoms with Crippen LogP contribution >= 0.6 is 0 Å². The standard InChI is InChI=1S/C26H20F2O5/c1-31-26(30)21(12-16-6-2-4-8-22(16)27)20-14-25(29)33-24-13-18(10-11-19(20)24)32-15-17-7-3-5-9-23(17)28/h2-11,13-14,21H,12,15H2,1H3/t21-/m0/s1. The van der Waals surface area contributed by atoms with E-state index < -0.39 is 23.3 Å². The number of esters is 1. The number of rotatable bonds is 7. The van der Waals surface area contributed by atoms with Gasteiger partial charge in [0.25, 0.3) is 0 Å². The molecular weight excluding hydrogens is 430 g/mol. The monoisotopic (exact) mass is 450 g/mol. The summed E-state index contributed by atoms with van der Waals surface area (Å²) in [6, 6.07) is 18.3. The summed E-state index contributed by atoms with van der Waals surface area (Å²) in [6.07, 6.45) is 0.00341. The number of benzene rings is 3. The molecule has 0 aliphatic heterocycles. The smallest absolute Gasteiger partial charge is 0.336 e. The summed E-state index contributed by atoms with van der Waals surface area (Å²) in [7, 11) is 1.24. The first-order valence-electron chi connectivity index (χ1n) is 10.2. The third-order valence-electron chi connectivity index (χ3n) is 5.34. The Morgan fingerprint density at radius 1 is 0.939 bits per heavy atom. The summed E-state index contributed by atoms with van der Waals surface area (Å²) in [5, 5.41) is 0.486. The van der Waals surface area contributed by atoms with E-state index >= 15 is 0 Å². The van der Waals surface area contributed by atoms with E-state index in [1.54, 1.807) is 48.5 Å². The first-order valence-corrected chi connectivity index (χ1v) is 10.2. The zero-order valence-corrected chi connectivity index (χ0v) is 17.7. The summed E-state index contributed by atoms with van der Waals surface area (Å²) in [6.45, 7) is -0.0137. The van der Waals surface area contributed by atoms with Crippen molar-refractivity contribution in [2.24, 2.45) is 0 Å². The fourth-order valence-corrected chi connectivity index (χ4v) is 3.67. The molecule has 1 atom stereocenters. The lowest BCUT2D eigenvalue weighted by atomic mass is 9.90. The molecule has 0 spiro atoms. The van der Waals surface area contributed by atoms with Gasteiger partial charge in [0.15, 0.2) is 0 Å². The fourth-order valence-electron chi connectivity index (χ4n) is 3.67. The van der Waals surface area contributed by atoms with Gasteiger partial charge in [-0.3, -0.25) is 4.79 Å².